The molecule has 126 valence electrons. The van der Waals surface area contributed by atoms with Gasteiger partial charge in [-0.15, -0.1) is 0 Å². The molecule has 0 saturated carbocycles. The minimum Gasteiger partial charge on any atom is -0.463 e. The maximum Gasteiger partial charge on any atom is 0.330 e. The van der Waals surface area contributed by atoms with E-state index in [-0.39, 0.29) is 0 Å². The Hall–Kier alpha value is -2.46. The van der Waals surface area contributed by atoms with Gasteiger partial charge in [0.05, 0.1) is 17.3 Å². The third-order valence-electron chi connectivity index (χ3n) is 3.29. The van der Waals surface area contributed by atoms with Crippen molar-refractivity contribution < 1.29 is 14.3 Å². The molecule has 2 aromatic carbocycles. The Balaban J connectivity index is 2.14. The first kappa shape index (κ1) is 17.9. The molecule has 24 heavy (non-hydrogen) atoms. The largest absolute Gasteiger partial charge is 0.463 e. The minimum atomic E-state index is -0.400. The van der Waals surface area contributed by atoms with Crippen LogP contribution < -0.4 is 10.5 Å². The summed E-state index contributed by atoms with van der Waals surface area (Å²) in [6, 6.07) is 12.6. The number of nitrogens with two attached hydrogens (primary N) is 1. The number of para-hydroxylation sites is 1. The third-order valence-corrected chi connectivity index (χ3v) is 3.58. The number of unbranched alkanes of at least 4 members (excludes halogenated alkanes) is 1. The van der Waals surface area contributed by atoms with Gasteiger partial charge in [-0.2, -0.15) is 0 Å². The molecule has 0 bridgehead atoms. The number of esters is 1. The van der Waals surface area contributed by atoms with E-state index in [1.54, 1.807) is 18.2 Å². The van der Waals surface area contributed by atoms with Gasteiger partial charge in [-0.3, -0.25) is 0 Å². The summed E-state index contributed by atoms with van der Waals surface area (Å²) in [5.74, 6) is 0.596. The van der Waals surface area contributed by atoms with Crippen LogP contribution in [0, 0.1) is 0 Å². The second-order valence-electron chi connectivity index (χ2n) is 5.15. The maximum atomic E-state index is 11.6. The number of anilines is 1. The van der Waals surface area contributed by atoms with Crippen molar-refractivity contribution in [2.45, 2.75) is 19.8 Å². The molecule has 0 aliphatic heterocycles. The van der Waals surface area contributed by atoms with E-state index in [0.717, 1.165) is 12.8 Å². The fraction of sp³-hybridized carbons (Fsp3) is 0.211. The van der Waals surface area contributed by atoms with E-state index in [1.807, 2.05) is 37.3 Å². The van der Waals surface area contributed by atoms with Crippen LogP contribution in [0.25, 0.3) is 6.08 Å². The van der Waals surface area contributed by atoms with Crippen molar-refractivity contribution in [2.75, 3.05) is 12.3 Å². The van der Waals surface area contributed by atoms with Crippen LogP contribution in [0.5, 0.6) is 11.5 Å². The quantitative estimate of drug-likeness (QED) is 0.329. The van der Waals surface area contributed by atoms with Crippen molar-refractivity contribution >= 4 is 29.3 Å². The molecule has 0 aliphatic rings. The number of hydrogen-bond donors (Lipinski definition) is 1. The van der Waals surface area contributed by atoms with Crippen molar-refractivity contribution in [1.82, 2.24) is 0 Å². The zero-order valence-corrected chi connectivity index (χ0v) is 14.3. The number of ether oxygens (including phenoxy) is 2. The lowest BCUT2D eigenvalue weighted by Gasteiger charge is -2.12. The number of benzene rings is 2. The summed E-state index contributed by atoms with van der Waals surface area (Å²) < 4.78 is 10.8. The van der Waals surface area contributed by atoms with Gasteiger partial charge in [0.25, 0.3) is 0 Å². The van der Waals surface area contributed by atoms with Gasteiger partial charge in [0.2, 0.25) is 0 Å². The van der Waals surface area contributed by atoms with Crippen LogP contribution in [-0.4, -0.2) is 12.6 Å². The molecule has 0 radical (unpaired) electrons. The average Bonchev–Trinajstić information content (AvgIpc) is 2.59. The van der Waals surface area contributed by atoms with E-state index in [4.69, 9.17) is 26.8 Å². The molecule has 0 aliphatic carbocycles. The Morgan fingerprint density at radius 3 is 2.67 bits per heavy atom. The minimum absolute atomic E-state index is 0.365. The van der Waals surface area contributed by atoms with Crippen LogP contribution in [0.2, 0.25) is 5.02 Å². The summed E-state index contributed by atoms with van der Waals surface area (Å²) >= 11 is 6.18. The van der Waals surface area contributed by atoms with Crippen molar-refractivity contribution in [1.29, 1.82) is 0 Å². The topological polar surface area (TPSA) is 61.5 Å². The fourth-order valence-corrected chi connectivity index (χ4v) is 2.17. The molecule has 0 atom stereocenters. The van der Waals surface area contributed by atoms with Crippen LogP contribution in [-0.2, 0) is 9.53 Å². The lowest BCUT2D eigenvalue weighted by atomic mass is 10.1. The average molecular weight is 346 g/mol. The molecular weight excluding hydrogens is 326 g/mol. The fourth-order valence-electron chi connectivity index (χ4n) is 1.97. The summed E-state index contributed by atoms with van der Waals surface area (Å²) in [5, 5.41) is 0.402. The van der Waals surface area contributed by atoms with E-state index in [2.05, 4.69) is 0 Å². The molecule has 0 spiro atoms. The lowest BCUT2D eigenvalue weighted by Crippen LogP contribution is -2.02. The monoisotopic (exact) mass is 345 g/mol. The molecule has 2 N–H and O–H groups in total. The van der Waals surface area contributed by atoms with Gasteiger partial charge in [-0.25, -0.2) is 4.79 Å². The SMILES string of the molecule is CCCCOC(=O)C=Cc1ccc(Cl)c(Oc2ccccc2)c1N. The predicted molar refractivity (Wildman–Crippen MR) is 97.3 cm³/mol. The van der Waals surface area contributed by atoms with E-state index >= 15 is 0 Å². The third kappa shape index (κ3) is 5.03. The second-order valence-corrected chi connectivity index (χ2v) is 5.56. The van der Waals surface area contributed by atoms with E-state index in [9.17, 15) is 4.79 Å². The first-order valence-corrected chi connectivity index (χ1v) is 8.15. The first-order chi connectivity index (χ1) is 11.6. The smallest absolute Gasteiger partial charge is 0.330 e. The summed E-state index contributed by atoms with van der Waals surface area (Å²) in [4.78, 5) is 11.6. The molecule has 4 nitrogen and oxygen atoms in total. The van der Waals surface area contributed by atoms with Gasteiger partial charge < -0.3 is 15.2 Å². The molecular formula is C19H20ClNO3. The van der Waals surface area contributed by atoms with Crippen molar-refractivity contribution in [3.05, 3.63) is 59.1 Å². The Kier molecular flexibility index (Phi) is 6.70. The summed E-state index contributed by atoms with van der Waals surface area (Å²) in [6.45, 7) is 2.45. The molecule has 0 heterocycles. The highest BCUT2D eigenvalue weighted by molar-refractivity contribution is 6.32. The Morgan fingerprint density at radius 1 is 1.21 bits per heavy atom. The first-order valence-electron chi connectivity index (χ1n) is 7.77. The molecule has 0 aromatic heterocycles. The van der Waals surface area contributed by atoms with Crippen LogP contribution in [0.15, 0.2) is 48.5 Å². The van der Waals surface area contributed by atoms with Crippen LogP contribution >= 0.6 is 11.6 Å². The van der Waals surface area contributed by atoms with Crippen molar-refractivity contribution in [2.24, 2.45) is 0 Å². The van der Waals surface area contributed by atoms with Gasteiger partial charge in [0.1, 0.15) is 5.75 Å². The van der Waals surface area contributed by atoms with Crippen LogP contribution in [0.4, 0.5) is 5.69 Å². The molecule has 0 saturated heterocycles. The van der Waals surface area contributed by atoms with Gasteiger partial charge in [0.15, 0.2) is 5.75 Å². The molecule has 0 fully saturated rings. The molecule has 2 aromatic rings. The molecule has 0 amide bonds. The Labute approximate surface area is 146 Å². The number of carbonyl (C=O) groups excluding carboxylic acids is 1. The normalized spacial score (nSPS) is 10.8. The number of rotatable bonds is 7. The standard InChI is InChI=1S/C19H20ClNO3/c1-2-3-13-23-17(22)12-10-14-9-11-16(20)19(18(14)21)24-15-7-5-4-6-8-15/h4-12H,2-3,13,21H2,1H3. The molecule has 0 unspecified atom stereocenters. The zero-order valence-electron chi connectivity index (χ0n) is 13.5. The number of nitrogen functional groups attached to an aromatic ring is 1. The Bertz CT molecular complexity index is 714. The van der Waals surface area contributed by atoms with Gasteiger partial charge >= 0.3 is 5.97 Å². The van der Waals surface area contributed by atoms with Crippen molar-refractivity contribution in [3.8, 4) is 11.5 Å². The van der Waals surface area contributed by atoms with Gasteiger partial charge in [-0.1, -0.05) is 49.2 Å². The van der Waals surface area contributed by atoms with Gasteiger partial charge in [0, 0.05) is 11.6 Å². The molecule has 5 heteroatoms. The molecule has 2 rings (SSSR count). The highest BCUT2D eigenvalue weighted by Gasteiger charge is 2.11. The number of hydrogen-bond acceptors (Lipinski definition) is 4. The summed E-state index contributed by atoms with van der Waals surface area (Å²) in [5.41, 5.74) is 7.13. The van der Waals surface area contributed by atoms with Gasteiger partial charge in [-0.05, 0) is 30.7 Å². The predicted octanol–water partition coefficient (Wildman–Crippen LogP) is 5.07. The summed E-state index contributed by atoms with van der Waals surface area (Å²) in [6.07, 6.45) is 4.76. The Morgan fingerprint density at radius 2 is 1.96 bits per heavy atom. The number of halogens is 1. The van der Waals surface area contributed by atoms with E-state index < -0.39 is 5.97 Å². The van der Waals surface area contributed by atoms with Crippen LogP contribution in [0.1, 0.15) is 25.3 Å². The highest BCUT2D eigenvalue weighted by Crippen LogP contribution is 2.37. The maximum absolute atomic E-state index is 11.6. The number of carbonyl (C=O) groups is 1. The van der Waals surface area contributed by atoms with E-state index in [0.29, 0.717) is 34.4 Å². The zero-order chi connectivity index (χ0) is 17.4. The van der Waals surface area contributed by atoms with Crippen LogP contribution in [0.3, 0.4) is 0 Å². The van der Waals surface area contributed by atoms with E-state index in [1.165, 1.54) is 6.08 Å². The highest BCUT2D eigenvalue weighted by atomic mass is 35.5. The summed E-state index contributed by atoms with van der Waals surface area (Å²) in [7, 11) is 0. The lowest BCUT2D eigenvalue weighted by molar-refractivity contribution is -0.137. The second kappa shape index (κ2) is 8.99. The van der Waals surface area contributed by atoms with Crippen molar-refractivity contribution in [3.63, 3.8) is 0 Å².